The minimum Gasteiger partial charge on any atom is -0.441 e. The van der Waals surface area contributed by atoms with E-state index in [0.29, 0.717) is 29.9 Å². The van der Waals surface area contributed by atoms with Gasteiger partial charge < -0.3 is 14.6 Å². The number of alkyl carbamates (subject to hydrolysis) is 1. The van der Waals surface area contributed by atoms with Gasteiger partial charge >= 0.3 is 6.09 Å². The SMILES string of the molecule is Cc1noc(-c2ccc(-c3ccc(C4(CC(=O)NS(C)(=O)=O)CC4)cc3)cc2)c1C(CCCc1ccccc1)OC(=O)NC[SH](=O)=O. The van der Waals surface area contributed by atoms with Gasteiger partial charge in [0.05, 0.1) is 17.5 Å². The summed E-state index contributed by atoms with van der Waals surface area (Å²) in [7, 11) is -6.41. The predicted molar refractivity (Wildman–Crippen MR) is 178 cm³/mol. The third-order valence-electron chi connectivity index (χ3n) is 8.24. The molecule has 1 fully saturated rings. The van der Waals surface area contributed by atoms with Gasteiger partial charge in [-0.2, -0.15) is 0 Å². The molecule has 0 radical (unpaired) electrons. The number of nitrogens with one attached hydrogen (secondary N) is 2. The second kappa shape index (κ2) is 14.5. The Hall–Kier alpha value is -4.49. The number of sulfonamides is 1. The lowest BCUT2D eigenvalue weighted by Gasteiger charge is -2.19. The van der Waals surface area contributed by atoms with Crippen molar-refractivity contribution in [3.63, 3.8) is 0 Å². The number of thiol groups is 1. The fraction of sp³-hybridized carbons (Fsp3) is 0.324. The first-order valence-corrected chi connectivity index (χ1v) is 18.5. The van der Waals surface area contributed by atoms with Crippen molar-refractivity contribution in [3.05, 3.63) is 101 Å². The van der Waals surface area contributed by atoms with Gasteiger partial charge in [-0.3, -0.25) is 9.52 Å². The Balaban J connectivity index is 1.32. The number of hydrogen-bond acceptors (Lipinski definition) is 9. The molecule has 47 heavy (non-hydrogen) atoms. The summed E-state index contributed by atoms with van der Waals surface area (Å²) >= 11 is 0. The fourth-order valence-electron chi connectivity index (χ4n) is 5.76. The molecule has 2 N–H and O–H groups in total. The molecule has 1 unspecified atom stereocenters. The summed E-state index contributed by atoms with van der Waals surface area (Å²) in [4.78, 5) is 24.8. The molecule has 1 aliphatic rings. The number of aromatic nitrogens is 1. The molecule has 5 rings (SSSR count). The minimum absolute atomic E-state index is 0.115. The maximum atomic E-state index is 12.5. The lowest BCUT2D eigenvalue weighted by molar-refractivity contribution is -0.119. The zero-order chi connectivity index (χ0) is 33.6. The maximum absolute atomic E-state index is 12.5. The molecule has 1 heterocycles. The minimum atomic E-state index is -3.60. The zero-order valence-corrected chi connectivity index (χ0v) is 27.8. The van der Waals surface area contributed by atoms with Crippen LogP contribution in [0, 0.1) is 6.92 Å². The normalized spacial score (nSPS) is 14.4. The number of benzene rings is 3. The lowest BCUT2D eigenvalue weighted by Crippen LogP contribution is -2.32. The van der Waals surface area contributed by atoms with Crippen LogP contribution in [0.2, 0.25) is 0 Å². The molecule has 1 saturated carbocycles. The number of ether oxygens (including phenoxy) is 1. The van der Waals surface area contributed by atoms with Gasteiger partial charge in [0.2, 0.25) is 15.9 Å². The Morgan fingerprint density at radius 3 is 2.17 bits per heavy atom. The van der Waals surface area contributed by atoms with Crippen LogP contribution in [0.15, 0.2) is 83.4 Å². The van der Waals surface area contributed by atoms with Crippen LogP contribution in [-0.2, 0) is 42.1 Å². The predicted octanol–water partition coefficient (Wildman–Crippen LogP) is 5.17. The van der Waals surface area contributed by atoms with E-state index in [4.69, 9.17) is 9.26 Å². The summed E-state index contributed by atoms with van der Waals surface area (Å²) < 4.78 is 58.5. The van der Waals surface area contributed by atoms with Crippen molar-refractivity contribution in [1.29, 1.82) is 0 Å². The highest BCUT2D eigenvalue weighted by Gasteiger charge is 2.46. The summed E-state index contributed by atoms with van der Waals surface area (Å²) in [5.41, 5.74) is 5.61. The molecule has 13 heteroatoms. The van der Waals surface area contributed by atoms with E-state index >= 15 is 0 Å². The van der Waals surface area contributed by atoms with Crippen molar-refractivity contribution in [3.8, 4) is 22.5 Å². The number of amides is 2. The highest BCUT2D eigenvalue weighted by atomic mass is 32.2. The number of aryl methyl sites for hydroxylation is 2. The molecule has 1 atom stereocenters. The Kier molecular flexibility index (Phi) is 10.5. The van der Waals surface area contributed by atoms with Gasteiger partial charge in [-0.15, -0.1) is 0 Å². The van der Waals surface area contributed by atoms with Crippen LogP contribution in [0.25, 0.3) is 22.5 Å². The summed E-state index contributed by atoms with van der Waals surface area (Å²) in [6, 6.07) is 25.5. The fourth-order valence-corrected chi connectivity index (χ4v) is 6.51. The number of nitrogens with zero attached hydrogens (tertiary/aromatic N) is 1. The summed E-state index contributed by atoms with van der Waals surface area (Å²) in [6.45, 7) is 1.77. The molecule has 0 saturated heterocycles. The Morgan fingerprint density at radius 1 is 0.957 bits per heavy atom. The van der Waals surface area contributed by atoms with Crippen LogP contribution in [0.5, 0.6) is 0 Å². The summed E-state index contributed by atoms with van der Waals surface area (Å²) in [5, 5.41) is 6.45. The van der Waals surface area contributed by atoms with Crippen LogP contribution in [0.4, 0.5) is 4.79 Å². The largest absolute Gasteiger partial charge is 0.441 e. The van der Waals surface area contributed by atoms with E-state index in [-0.39, 0.29) is 11.8 Å². The van der Waals surface area contributed by atoms with E-state index in [9.17, 15) is 26.4 Å². The zero-order valence-electron chi connectivity index (χ0n) is 26.1. The number of carbonyl (C=O) groups is 2. The van der Waals surface area contributed by atoms with Gasteiger partial charge in [-0.1, -0.05) is 84.0 Å². The van der Waals surface area contributed by atoms with Gasteiger partial charge in [-0.25, -0.2) is 21.6 Å². The van der Waals surface area contributed by atoms with Crippen molar-refractivity contribution in [2.45, 2.75) is 57.0 Å². The molecule has 1 aromatic heterocycles. The molecule has 1 aliphatic carbocycles. The first kappa shape index (κ1) is 33.9. The molecular formula is C34H37N3O8S2. The van der Waals surface area contributed by atoms with Crippen LogP contribution >= 0.6 is 0 Å². The molecule has 248 valence electrons. The number of hydrogen-bond donors (Lipinski definition) is 3. The molecule has 0 aliphatic heterocycles. The monoisotopic (exact) mass is 679 g/mol. The number of carbonyl (C=O) groups excluding carboxylic acids is 2. The quantitative estimate of drug-likeness (QED) is 0.153. The molecule has 3 aromatic carbocycles. The van der Waals surface area contributed by atoms with E-state index in [1.165, 1.54) is 0 Å². The van der Waals surface area contributed by atoms with Crippen molar-refractivity contribution in [2.24, 2.45) is 0 Å². The van der Waals surface area contributed by atoms with Gasteiger partial charge in [-0.05, 0) is 61.3 Å². The van der Waals surface area contributed by atoms with Gasteiger partial charge in [0, 0.05) is 17.4 Å². The van der Waals surface area contributed by atoms with Gasteiger partial charge in [0.1, 0.15) is 12.0 Å². The van der Waals surface area contributed by atoms with Gasteiger partial charge in [0.15, 0.2) is 16.5 Å². The Bertz CT molecular complexity index is 1890. The van der Waals surface area contributed by atoms with E-state index in [1.807, 2.05) is 78.9 Å². The van der Waals surface area contributed by atoms with Crippen molar-refractivity contribution in [2.75, 3.05) is 12.1 Å². The van der Waals surface area contributed by atoms with E-state index in [1.54, 1.807) is 6.92 Å². The van der Waals surface area contributed by atoms with Crippen molar-refractivity contribution < 1.29 is 35.7 Å². The third kappa shape index (κ3) is 9.07. The van der Waals surface area contributed by atoms with Crippen molar-refractivity contribution in [1.82, 2.24) is 15.2 Å². The first-order chi connectivity index (χ1) is 22.4. The van der Waals surface area contributed by atoms with Crippen LogP contribution in [0.3, 0.4) is 0 Å². The van der Waals surface area contributed by atoms with E-state index < -0.39 is 44.7 Å². The summed E-state index contributed by atoms with van der Waals surface area (Å²) in [6.07, 6.45) is 3.05. The average molecular weight is 680 g/mol. The Labute approximate surface area is 275 Å². The van der Waals surface area contributed by atoms with Crippen molar-refractivity contribution >= 4 is 32.7 Å². The molecule has 0 spiro atoms. The van der Waals surface area contributed by atoms with Gasteiger partial charge in [0.25, 0.3) is 0 Å². The maximum Gasteiger partial charge on any atom is 0.408 e. The highest BCUT2D eigenvalue weighted by molar-refractivity contribution is 7.89. The lowest BCUT2D eigenvalue weighted by atomic mass is 9.90. The number of rotatable bonds is 14. The second-order valence-electron chi connectivity index (χ2n) is 11.9. The summed E-state index contributed by atoms with van der Waals surface area (Å²) in [5.74, 6) is -0.571. The highest BCUT2D eigenvalue weighted by Crippen LogP contribution is 2.51. The van der Waals surface area contributed by atoms with Crippen LogP contribution in [-0.4, -0.2) is 46.1 Å². The topological polar surface area (TPSA) is 162 Å². The standard InChI is InChI=1S/C34H37N3O8S2/c1-23-31(29(44-33(39)35-22-46(40)41)10-6-9-24-7-4-3-5-8-24)32(45-36-23)27-13-11-25(12-14-27)26-15-17-28(18-16-26)34(19-20-34)21-30(38)37-47(2,42)43/h3-5,7-8,11-18,29,46H,6,9-10,19-22H2,1-2H3,(H,35,39)(H,37,38). The first-order valence-electron chi connectivity index (χ1n) is 15.2. The molecule has 2 amide bonds. The third-order valence-corrected chi connectivity index (χ3v) is 9.25. The van der Waals surface area contributed by atoms with E-state index in [0.717, 1.165) is 53.3 Å². The molecule has 0 bridgehead atoms. The van der Waals surface area contributed by atoms with Crippen LogP contribution in [0.1, 0.15) is 60.6 Å². The second-order valence-corrected chi connectivity index (χ2v) is 14.6. The molecular weight excluding hydrogens is 643 g/mol. The Morgan fingerprint density at radius 2 is 1.57 bits per heavy atom. The molecule has 4 aromatic rings. The smallest absolute Gasteiger partial charge is 0.408 e. The van der Waals surface area contributed by atoms with E-state index in [2.05, 4.69) is 15.2 Å². The molecule has 11 nitrogen and oxygen atoms in total. The average Bonchev–Trinajstić information content (AvgIpc) is 3.71. The van der Waals surface area contributed by atoms with Crippen LogP contribution < -0.4 is 10.0 Å².